The third kappa shape index (κ3) is 11.5. The summed E-state index contributed by atoms with van der Waals surface area (Å²) >= 11 is 0. The molecule has 2 unspecified atom stereocenters. The van der Waals surface area contributed by atoms with Crippen molar-refractivity contribution in [3.63, 3.8) is 0 Å². The molecule has 2 aromatic carbocycles. The number of carbonyl (C=O) groups is 2. The molecule has 320 valence electrons. The molecule has 0 radical (unpaired) electrons. The lowest BCUT2D eigenvalue weighted by Gasteiger charge is -2.34. The molecule has 0 bridgehead atoms. The van der Waals surface area contributed by atoms with Gasteiger partial charge in [0.2, 0.25) is 11.9 Å². The number of benzene rings is 2. The first-order valence-corrected chi connectivity index (χ1v) is 20.7. The number of aliphatic hydroxyl groups excluding tert-OH is 2. The molecule has 61 heavy (non-hydrogen) atoms. The molecule has 3 amide bonds. The minimum Gasteiger partial charge on any atom is -0.392 e. The number of imidazole rings is 1. The molecule has 2 aliphatic rings. The number of nitrogens with zero attached hydrogens (tertiary/aromatic N) is 6. The van der Waals surface area contributed by atoms with Crippen LogP contribution in [-0.4, -0.2) is 103 Å². The number of nitrogens with one attached hydrogen (secondary N) is 3. The van der Waals surface area contributed by atoms with Crippen LogP contribution < -0.4 is 21.6 Å². The number of amides is 3. The zero-order valence-corrected chi connectivity index (χ0v) is 34.3. The molecule has 2 fully saturated rings. The Bertz CT molecular complexity index is 2440. The predicted molar refractivity (Wildman–Crippen MR) is 229 cm³/mol. The van der Waals surface area contributed by atoms with Crippen LogP contribution in [0.15, 0.2) is 77.9 Å². The Morgan fingerprint density at radius 2 is 1.69 bits per heavy atom. The van der Waals surface area contributed by atoms with Gasteiger partial charge < -0.3 is 35.8 Å². The molecule has 3 aromatic heterocycles. The van der Waals surface area contributed by atoms with Gasteiger partial charge in [-0.05, 0) is 92.1 Å². The Labute approximate surface area is 353 Å². The number of pyridine rings is 2. The first-order chi connectivity index (χ1) is 29.6. The summed E-state index contributed by atoms with van der Waals surface area (Å²) < 4.78 is 22.7. The second kappa shape index (κ2) is 20.5. The first-order valence-electron chi connectivity index (χ1n) is 20.7. The number of fused-ring (bicyclic) bond motifs is 1. The zero-order chi connectivity index (χ0) is 42.7. The Morgan fingerprint density at radius 3 is 2.48 bits per heavy atom. The smallest absolute Gasteiger partial charge is 0.329 e. The third-order valence-corrected chi connectivity index (χ3v) is 11.1. The fraction of sp³-hybridized carbons (Fsp3) is 0.400. The van der Waals surface area contributed by atoms with E-state index in [-0.39, 0.29) is 29.3 Å². The van der Waals surface area contributed by atoms with Gasteiger partial charge >= 0.3 is 11.7 Å². The maximum Gasteiger partial charge on any atom is 0.329 e. The summed E-state index contributed by atoms with van der Waals surface area (Å²) in [6.07, 6.45) is 6.14. The highest BCUT2D eigenvalue weighted by atomic mass is 19.1. The van der Waals surface area contributed by atoms with Crippen molar-refractivity contribution >= 4 is 34.3 Å². The van der Waals surface area contributed by atoms with Gasteiger partial charge in [0.1, 0.15) is 11.9 Å². The van der Waals surface area contributed by atoms with E-state index >= 15 is 0 Å². The average Bonchev–Trinajstić information content (AvgIpc) is 3.50. The maximum atomic E-state index is 13.5. The lowest BCUT2D eigenvalue weighted by molar-refractivity contribution is -0.128. The molecule has 7 rings (SSSR count). The van der Waals surface area contributed by atoms with Crippen LogP contribution in [0.1, 0.15) is 66.1 Å². The zero-order valence-electron chi connectivity index (χ0n) is 34.3. The number of urea groups is 1. The number of hydrogen-bond acceptors (Lipinski definition) is 10. The number of aryl methyl sites for hydroxylation is 2. The van der Waals surface area contributed by atoms with Crippen molar-refractivity contribution in [1.29, 1.82) is 0 Å². The highest BCUT2D eigenvalue weighted by molar-refractivity contribution is 6.00. The van der Waals surface area contributed by atoms with E-state index in [1.165, 1.54) is 11.8 Å². The molecule has 0 spiro atoms. The minimum atomic E-state index is -1.09. The molecule has 0 aliphatic carbocycles. The lowest BCUT2D eigenvalue weighted by Crippen LogP contribution is -2.47. The monoisotopic (exact) mass is 833 g/mol. The second-order valence-corrected chi connectivity index (χ2v) is 15.5. The summed E-state index contributed by atoms with van der Waals surface area (Å²) in [7, 11) is 1.74. The number of ether oxygens (including phenoxy) is 1. The molecule has 5 aromatic rings. The molecule has 5 N–H and O–H groups in total. The number of anilines is 2. The van der Waals surface area contributed by atoms with Gasteiger partial charge in [-0.2, -0.15) is 4.39 Å². The van der Waals surface area contributed by atoms with E-state index in [0.29, 0.717) is 24.4 Å². The minimum absolute atomic E-state index is 0.126. The van der Waals surface area contributed by atoms with E-state index in [0.717, 1.165) is 99.8 Å². The van der Waals surface area contributed by atoms with E-state index in [4.69, 9.17) is 4.74 Å². The largest absolute Gasteiger partial charge is 0.392 e. The van der Waals surface area contributed by atoms with E-state index in [1.54, 1.807) is 34.5 Å². The van der Waals surface area contributed by atoms with Gasteiger partial charge in [-0.3, -0.25) is 18.8 Å². The van der Waals surface area contributed by atoms with Gasteiger partial charge in [0.15, 0.2) is 0 Å². The van der Waals surface area contributed by atoms with Crippen LogP contribution in [0.25, 0.3) is 11.0 Å². The molecular weight excluding hydrogens is 782 g/mol. The van der Waals surface area contributed by atoms with Crippen molar-refractivity contribution in [3.8, 4) is 11.8 Å². The summed E-state index contributed by atoms with van der Waals surface area (Å²) in [5.41, 5.74) is 5.91. The molecule has 15 nitrogen and oxygen atoms in total. The number of rotatable bonds is 15. The quantitative estimate of drug-likeness (QED) is 0.0586. The summed E-state index contributed by atoms with van der Waals surface area (Å²) in [6.45, 7) is 7.06. The van der Waals surface area contributed by atoms with Crippen molar-refractivity contribution in [2.75, 3.05) is 56.6 Å². The highest BCUT2D eigenvalue weighted by Gasteiger charge is 2.31. The van der Waals surface area contributed by atoms with Gasteiger partial charge in [-0.15, -0.1) is 0 Å². The SMILES string of the molecule is Cn1c(=O)n(C2CCC(=O)NC2O)c2ccc(CCCOCCCCN3CCN(Cc4ccc(C#Cc5cc(NC(=O)Nc6cc(F)ncc6CO)ccn5)cc4)CC3)cc21. The van der Waals surface area contributed by atoms with E-state index in [9.17, 15) is 29.0 Å². The van der Waals surface area contributed by atoms with Crippen LogP contribution in [0.2, 0.25) is 0 Å². The summed E-state index contributed by atoms with van der Waals surface area (Å²) in [5.74, 6) is 5.20. The van der Waals surface area contributed by atoms with Gasteiger partial charge in [-0.1, -0.05) is 24.1 Å². The van der Waals surface area contributed by atoms with Crippen molar-refractivity contribution in [1.82, 2.24) is 34.2 Å². The van der Waals surface area contributed by atoms with Gasteiger partial charge in [0.25, 0.3) is 0 Å². The van der Waals surface area contributed by atoms with Gasteiger partial charge in [-0.25, -0.2) is 19.6 Å². The third-order valence-electron chi connectivity index (χ3n) is 11.1. The fourth-order valence-electron chi connectivity index (χ4n) is 7.77. The number of unbranched alkanes of at least 4 members (excludes halogenated alkanes) is 1. The molecule has 2 saturated heterocycles. The van der Waals surface area contributed by atoms with Crippen molar-refractivity contribution in [3.05, 3.63) is 117 Å². The average molecular weight is 834 g/mol. The number of piperidine rings is 1. The Kier molecular flexibility index (Phi) is 14.5. The Morgan fingerprint density at radius 1 is 0.918 bits per heavy atom. The normalized spacial score (nSPS) is 17.1. The maximum absolute atomic E-state index is 13.5. The van der Waals surface area contributed by atoms with Crippen LogP contribution in [0.5, 0.6) is 0 Å². The number of hydrogen-bond donors (Lipinski definition) is 5. The van der Waals surface area contributed by atoms with Crippen molar-refractivity contribution in [2.24, 2.45) is 7.05 Å². The molecule has 2 atom stereocenters. The predicted octanol–water partition coefficient (Wildman–Crippen LogP) is 4.12. The van der Waals surface area contributed by atoms with Gasteiger partial charge in [0, 0.05) is 94.7 Å². The van der Waals surface area contributed by atoms with E-state index in [1.807, 2.05) is 30.3 Å². The first kappa shape index (κ1) is 43.1. The summed E-state index contributed by atoms with van der Waals surface area (Å²) in [5, 5.41) is 27.6. The van der Waals surface area contributed by atoms with Crippen LogP contribution in [-0.2, 0) is 36.2 Å². The molecule has 16 heteroatoms. The van der Waals surface area contributed by atoms with Crippen LogP contribution in [0.4, 0.5) is 20.6 Å². The standard InChI is InChI=1S/C45H52FN9O6/c1-52-40-25-32(11-13-38(40)55(45(52)60)39-14-15-42(57)51-43(39)58)5-4-24-61-23-3-2-18-53-19-21-54(22-20-53)29-33-8-6-31(7-9-33)10-12-35-26-36(16-17-47-35)49-44(59)50-37-27-41(46)48-28-34(37)30-56/h6-9,11,13,16-17,25-28,39,43,56,58H,2-5,14-15,18-24,29-30H2,1H3,(H,51,57)(H2,47,48,49,50,59). The number of aromatic nitrogens is 4. The van der Waals surface area contributed by atoms with Crippen molar-refractivity contribution < 1.29 is 28.9 Å². The summed E-state index contributed by atoms with van der Waals surface area (Å²) in [6, 6.07) is 17.4. The molecule has 0 saturated carbocycles. The van der Waals surface area contributed by atoms with Gasteiger partial charge in [0.05, 0.1) is 29.4 Å². The van der Waals surface area contributed by atoms with E-state index in [2.05, 4.69) is 59.7 Å². The topological polar surface area (TPSA) is 179 Å². The van der Waals surface area contributed by atoms with Crippen LogP contribution >= 0.6 is 0 Å². The Hall–Kier alpha value is -5.96. The lowest BCUT2D eigenvalue weighted by atomic mass is 10.0. The molecule has 2 aliphatic heterocycles. The molecule has 5 heterocycles. The molecular formula is C45H52FN9O6. The van der Waals surface area contributed by atoms with E-state index < -0.39 is 30.9 Å². The second-order valence-electron chi connectivity index (χ2n) is 15.5. The number of piperazine rings is 1. The fourth-order valence-corrected chi connectivity index (χ4v) is 7.77. The highest BCUT2D eigenvalue weighted by Crippen LogP contribution is 2.26. The van der Waals surface area contributed by atoms with Crippen molar-refractivity contribution in [2.45, 2.75) is 63.9 Å². The van der Waals surface area contributed by atoms with Crippen LogP contribution in [0.3, 0.4) is 0 Å². The number of aliphatic hydroxyl groups is 2. The van der Waals surface area contributed by atoms with Crippen LogP contribution in [0, 0.1) is 17.8 Å². The number of halogens is 1. The summed E-state index contributed by atoms with van der Waals surface area (Å²) in [4.78, 5) is 50.0. The number of carbonyl (C=O) groups excluding carboxylic acids is 2. The Balaban J connectivity index is 0.763.